The molecule has 0 spiro atoms. The standard InChI is InChI=1S/C25H27N3O2/c1-27(15-17-12-14-28(16-17)25(30)20-9-10-20)24(29)19-7-5-18(6-8-19)21-3-2-4-23-22(21)11-13-26-23/h2-8,11,13,17,20,26H,9-10,12,14-16H2,1H3. The third-order valence-corrected chi connectivity index (χ3v) is 6.44. The van der Waals surface area contributed by atoms with Crippen LogP contribution in [0.25, 0.3) is 22.0 Å². The lowest BCUT2D eigenvalue weighted by Gasteiger charge is -2.22. The molecule has 1 saturated heterocycles. The van der Waals surface area contributed by atoms with Crippen molar-refractivity contribution in [1.82, 2.24) is 14.8 Å². The number of H-pyrrole nitrogens is 1. The van der Waals surface area contributed by atoms with Crippen LogP contribution in [0.3, 0.4) is 0 Å². The fraction of sp³-hybridized carbons (Fsp3) is 0.360. The van der Waals surface area contributed by atoms with Gasteiger partial charge in [-0.05, 0) is 60.6 Å². The van der Waals surface area contributed by atoms with Crippen molar-refractivity contribution in [3.05, 3.63) is 60.3 Å². The highest BCUT2D eigenvalue weighted by Crippen LogP contribution is 2.33. The van der Waals surface area contributed by atoms with Crippen molar-refractivity contribution >= 4 is 22.7 Å². The molecule has 1 unspecified atom stereocenters. The van der Waals surface area contributed by atoms with E-state index in [2.05, 4.69) is 23.2 Å². The summed E-state index contributed by atoms with van der Waals surface area (Å²) in [6.07, 6.45) is 5.03. The van der Waals surface area contributed by atoms with Crippen molar-refractivity contribution in [3.63, 3.8) is 0 Å². The zero-order valence-corrected chi connectivity index (χ0v) is 17.3. The van der Waals surface area contributed by atoms with Gasteiger partial charge in [0.1, 0.15) is 0 Å². The highest BCUT2D eigenvalue weighted by molar-refractivity contribution is 5.97. The normalized spacial score (nSPS) is 18.7. The average molecular weight is 402 g/mol. The van der Waals surface area contributed by atoms with Crippen LogP contribution in [0.4, 0.5) is 0 Å². The fourth-order valence-corrected chi connectivity index (χ4v) is 4.59. The number of nitrogens with one attached hydrogen (secondary N) is 1. The molecule has 30 heavy (non-hydrogen) atoms. The van der Waals surface area contributed by atoms with E-state index < -0.39 is 0 Å². The number of carbonyl (C=O) groups is 2. The lowest BCUT2D eigenvalue weighted by atomic mass is 10.00. The van der Waals surface area contributed by atoms with Gasteiger partial charge in [0, 0.05) is 55.3 Å². The molecule has 1 atom stereocenters. The molecule has 5 heteroatoms. The molecule has 2 amide bonds. The van der Waals surface area contributed by atoms with Crippen LogP contribution < -0.4 is 0 Å². The summed E-state index contributed by atoms with van der Waals surface area (Å²) in [5, 5.41) is 1.18. The van der Waals surface area contributed by atoms with Crippen molar-refractivity contribution < 1.29 is 9.59 Å². The van der Waals surface area contributed by atoms with Crippen molar-refractivity contribution in [2.24, 2.45) is 11.8 Å². The molecule has 1 aromatic heterocycles. The van der Waals surface area contributed by atoms with Crippen LogP contribution in [0.5, 0.6) is 0 Å². The summed E-state index contributed by atoms with van der Waals surface area (Å²) in [6.45, 7) is 2.31. The Kier molecular flexibility index (Phi) is 4.81. The summed E-state index contributed by atoms with van der Waals surface area (Å²) in [7, 11) is 1.86. The molecule has 2 heterocycles. The quantitative estimate of drug-likeness (QED) is 0.698. The Morgan fingerprint density at radius 1 is 1.07 bits per heavy atom. The molecule has 3 aromatic rings. The maximum atomic E-state index is 12.9. The average Bonchev–Trinajstić information content (AvgIpc) is 3.32. The van der Waals surface area contributed by atoms with Gasteiger partial charge in [-0.2, -0.15) is 0 Å². The number of hydrogen-bond acceptors (Lipinski definition) is 2. The molecule has 2 aromatic carbocycles. The molecule has 0 radical (unpaired) electrons. The van der Waals surface area contributed by atoms with Gasteiger partial charge < -0.3 is 14.8 Å². The van der Waals surface area contributed by atoms with Crippen LogP contribution in [0.2, 0.25) is 0 Å². The van der Waals surface area contributed by atoms with Crippen molar-refractivity contribution in [1.29, 1.82) is 0 Å². The maximum Gasteiger partial charge on any atom is 0.253 e. The van der Waals surface area contributed by atoms with Gasteiger partial charge in [-0.1, -0.05) is 24.3 Å². The molecule has 1 aliphatic carbocycles. The Morgan fingerprint density at radius 2 is 1.87 bits per heavy atom. The first-order chi connectivity index (χ1) is 14.6. The molecule has 2 aliphatic rings. The molecular weight excluding hydrogens is 374 g/mol. The maximum absolute atomic E-state index is 12.9. The molecule has 5 rings (SSSR count). The fourth-order valence-electron chi connectivity index (χ4n) is 4.59. The molecule has 0 bridgehead atoms. The van der Waals surface area contributed by atoms with E-state index in [1.54, 1.807) is 4.90 Å². The second kappa shape index (κ2) is 7.63. The van der Waals surface area contributed by atoms with E-state index in [0.29, 0.717) is 23.9 Å². The smallest absolute Gasteiger partial charge is 0.253 e. The van der Waals surface area contributed by atoms with Crippen molar-refractivity contribution in [2.45, 2.75) is 19.3 Å². The summed E-state index contributed by atoms with van der Waals surface area (Å²) in [5.41, 5.74) is 4.07. The minimum absolute atomic E-state index is 0.0355. The number of fused-ring (bicyclic) bond motifs is 1. The lowest BCUT2D eigenvalue weighted by molar-refractivity contribution is -0.131. The Balaban J connectivity index is 1.24. The van der Waals surface area contributed by atoms with Crippen LogP contribution in [0.15, 0.2) is 54.7 Å². The number of benzene rings is 2. The minimum Gasteiger partial charge on any atom is -0.361 e. The summed E-state index contributed by atoms with van der Waals surface area (Å²) < 4.78 is 0. The molecule has 1 aliphatic heterocycles. The van der Waals surface area contributed by atoms with E-state index in [1.165, 1.54) is 5.39 Å². The van der Waals surface area contributed by atoms with Crippen LogP contribution in [-0.2, 0) is 4.79 Å². The second-order valence-electron chi connectivity index (χ2n) is 8.72. The van der Waals surface area contributed by atoms with Crippen LogP contribution in [0, 0.1) is 11.8 Å². The number of hydrogen-bond donors (Lipinski definition) is 1. The monoisotopic (exact) mass is 401 g/mol. The Hall–Kier alpha value is -3.08. The first kappa shape index (κ1) is 18.9. The predicted octanol–water partition coefficient (Wildman–Crippen LogP) is 4.17. The number of nitrogens with zero attached hydrogens (tertiary/aromatic N) is 2. The molecular formula is C25H27N3O2. The van der Waals surface area contributed by atoms with Gasteiger partial charge in [0.15, 0.2) is 0 Å². The van der Waals surface area contributed by atoms with Crippen LogP contribution >= 0.6 is 0 Å². The van der Waals surface area contributed by atoms with Crippen molar-refractivity contribution in [3.8, 4) is 11.1 Å². The number of amides is 2. The Labute approximate surface area is 176 Å². The van der Waals surface area contributed by atoms with Crippen LogP contribution in [0.1, 0.15) is 29.6 Å². The molecule has 2 fully saturated rings. The highest BCUT2D eigenvalue weighted by Gasteiger charge is 2.36. The predicted molar refractivity (Wildman–Crippen MR) is 118 cm³/mol. The SMILES string of the molecule is CN(CC1CCN(C(=O)C2CC2)C1)C(=O)c1ccc(-c2cccc3[nH]ccc23)cc1. The number of rotatable bonds is 5. The number of aromatic amines is 1. The van der Waals surface area contributed by atoms with Gasteiger partial charge >= 0.3 is 0 Å². The lowest BCUT2D eigenvalue weighted by Crippen LogP contribution is -2.34. The topological polar surface area (TPSA) is 56.4 Å². The van der Waals surface area contributed by atoms with Crippen molar-refractivity contribution in [2.75, 3.05) is 26.7 Å². The van der Waals surface area contributed by atoms with Gasteiger partial charge in [0.05, 0.1) is 0 Å². The van der Waals surface area contributed by atoms with Gasteiger partial charge in [0.2, 0.25) is 5.91 Å². The molecule has 5 nitrogen and oxygen atoms in total. The third kappa shape index (κ3) is 3.60. The van der Waals surface area contributed by atoms with E-state index in [9.17, 15) is 9.59 Å². The first-order valence-electron chi connectivity index (χ1n) is 10.8. The molecule has 154 valence electrons. The summed E-state index contributed by atoms with van der Waals surface area (Å²) >= 11 is 0. The van der Waals surface area contributed by atoms with Crippen LogP contribution in [-0.4, -0.2) is 53.3 Å². The van der Waals surface area contributed by atoms with Gasteiger partial charge in [0.25, 0.3) is 5.91 Å². The first-order valence-corrected chi connectivity index (χ1v) is 10.8. The molecule has 1 saturated carbocycles. The van der Waals surface area contributed by atoms with E-state index in [0.717, 1.165) is 49.0 Å². The highest BCUT2D eigenvalue weighted by atomic mass is 16.2. The zero-order chi connectivity index (χ0) is 20.7. The third-order valence-electron chi connectivity index (χ3n) is 6.44. The second-order valence-corrected chi connectivity index (χ2v) is 8.72. The Morgan fingerprint density at radius 3 is 2.63 bits per heavy atom. The summed E-state index contributed by atoms with van der Waals surface area (Å²) in [5.74, 6) is 0.999. The Bertz CT molecular complexity index is 1080. The number of likely N-dealkylation sites (tertiary alicyclic amines) is 1. The largest absolute Gasteiger partial charge is 0.361 e. The summed E-state index contributed by atoms with van der Waals surface area (Å²) in [6, 6.07) is 16.2. The molecule has 1 N–H and O–H groups in total. The van der Waals surface area contributed by atoms with Gasteiger partial charge in [-0.3, -0.25) is 9.59 Å². The van der Waals surface area contributed by atoms with Gasteiger partial charge in [-0.25, -0.2) is 0 Å². The minimum atomic E-state index is 0.0355. The van der Waals surface area contributed by atoms with E-state index in [4.69, 9.17) is 0 Å². The zero-order valence-electron chi connectivity index (χ0n) is 17.3. The number of carbonyl (C=O) groups excluding carboxylic acids is 2. The van der Waals surface area contributed by atoms with E-state index >= 15 is 0 Å². The number of aromatic nitrogens is 1. The van der Waals surface area contributed by atoms with E-state index in [1.807, 2.05) is 48.5 Å². The van der Waals surface area contributed by atoms with E-state index in [-0.39, 0.29) is 11.8 Å². The van der Waals surface area contributed by atoms with Gasteiger partial charge in [-0.15, -0.1) is 0 Å². The summed E-state index contributed by atoms with van der Waals surface area (Å²) in [4.78, 5) is 32.2.